The highest BCUT2D eigenvalue weighted by atomic mass is 32.1. The third-order valence-electron chi connectivity index (χ3n) is 7.36. The van der Waals surface area contributed by atoms with Crippen LogP contribution in [-0.2, 0) is 16.8 Å². The molecule has 0 saturated heterocycles. The third-order valence-corrected chi connectivity index (χ3v) is 8.94. The van der Waals surface area contributed by atoms with Gasteiger partial charge >= 0.3 is 0 Å². The number of fused-ring (bicyclic) bond motifs is 1. The number of nitrogens with one attached hydrogen (secondary N) is 1. The van der Waals surface area contributed by atoms with Gasteiger partial charge in [-0.3, -0.25) is 14.2 Å². The van der Waals surface area contributed by atoms with Crippen molar-refractivity contribution in [2.75, 3.05) is 5.32 Å². The second-order valence-corrected chi connectivity index (χ2v) is 11.2. The summed E-state index contributed by atoms with van der Waals surface area (Å²) in [5.74, 6) is 2.52. The highest BCUT2D eigenvalue weighted by Crippen LogP contribution is 2.60. The van der Waals surface area contributed by atoms with E-state index in [1.54, 1.807) is 6.07 Å². The number of amides is 1. The zero-order valence-electron chi connectivity index (χ0n) is 16.7. The van der Waals surface area contributed by atoms with Crippen molar-refractivity contribution in [1.82, 2.24) is 14.5 Å². The van der Waals surface area contributed by atoms with E-state index in [1.807, 2.05) is 5.38 Å². The van der Waals surface area contributed by atoms with Gasteiger partial charge in [0.1, 0.15) is 4.83 Å². The van der Waals surface area contributed by atoms with Gasteiger partial charge in [-0.2, -0.15) is 0 Å². The lowest BCUT2D eigenvalue weighted by molar-refractivity contribution is -0.116. The van der Waals surface area contributed by atoms with Crippen molar-refractivity contribution in [1.29, 1.82) is 0 Å². The number of carbonyl (C=O) groups is 1. The minimum atomic E-state index is -0.112. The summed E-state index contributed by atoms with van der Waals surface area (Å²) in [7, 11) is 0. The van der Waals surface area contributed by atoms with Gasteiger partial charge in [-0.25, -0.2) is 9.97 Å². The quantitative estimate of drug-likeness (QED) is 0.637. The number of carbonyl (C=O) groups excluding carboxylic acids is 1. The summed E-state index contributed by atoms with van der Waals surface area (Å²) < 4.78 is 1.51. The number of hydrogen-bond acceptors (Lipinski definition) is 6. The molecule has 30 heavy (non-hydrogen) atoms. The Hall–Kier alpha value is -2.06. The summed E-state index contributed by atoms with van der Waals surface area (Å²) >= 11 is 2.98. The van der Waals surface area contributed by atoms with Gasteiger partial charge in [0.2, 0.25) is 5.91 Å². The van der Waals surface area contributed by atoms with E-state index in [1.165, 1.54) is 77.8 Å². The predicted molar refractivity (Wildman–Crippen MR) is 119 cm³/mol. The maximum absolute atomic E-state index is 12.5. The van der Waals surface area contributed by atoms with Crippen molar-refractivity contribution in [3.8, 4) is 0 Å². The SMILES string of the molecule is O=C(CCn1cnc2sccc2c1=O)Nc1nc(C23CC4CC(CC(C4)C2)C3)cs1. The number of thiazole rings is 1. The van der Waals surface area contributed by atoms with Gasteiger partial charge in [0.25, 0.3) is 5.56 Å². The minimum Gasteiger partial charge on any atom is -0.302 e. The van der Waals surface area contributed by atoms with Crippen LogP contribution in [0.3, 0.4) is 0 Å². The Morgan fingerprint density at radius 2 is 1.90 bits per heavy atom. The molecule has 4 aliphatic rings. The number of anilines is 1. The fourth-order valence-corrected chi connectivity index (χ4v) is 8.03. The first kappa shape index (κ1) is 18.7. The summed E-state index contributed by atoms with van der Waals surface area (Å²) in [6.07, 6.45) is 9.83. The molecule has 0 radical (unpaired) electrons. The van der Waals surface area contributed by atoms with Crippen LogP contribution in [0, 0.1) is 17.8 Å². The number of aromatic nitrogens is 3. The fraction of sp³-hybridized carbons (Fsp3) is 0.545. The summed E-state index contributed by atoms with van der Waals surface area (Å²) in [5.41, 5.74) is 1.36. The van der Waals surface area contributed by atoms with Crippen molar-refractivity contribution in [2.45, 2.75) is 56.9 Å². The van der Waals surface area contributed by atoms with Crippen molar-refractivity contribution in [2.24, 2.45) is 17.8 Å². The number of aryl methyl sites for hydroxylation is 1. The molecular formula is C22H24N4O2S2. The molecule has 0 aromatic carbocycles. The first-order valence-corrected chi connectivity index (χ1v) is 12.5. The molecular weight excluding hydrogens is 416 g/mol. The Morgan fingerprint density at radius 3 is 2.63 bits per heavy atom. The Balaban J connectivity index is 1.12. The normalized spacial score (nSPS) is 29.5. The molecule has 1 N–H and O–H groups in total. The molecule has 4 aliphatic carbocycles. The number of rotatable bonds is 5. The molecule has 7 rings (SSSR count). The molecule has 3 aromatic rings. The molecule has 6 nitrogen and oxygen atoms in total. The average Bonchev–Trinajstić information content (AvgIpc) is 3.36. The predicted octanol–water partition coefficient (Wildman–Crippen LogP) is 4.41. The van der Waals surface area contributed by atoms with Crippen molar-refractivity contribution in [3.63, 3.8) is 0 Å². The van der Waals surface area contributed by atoms with Gasteiger partial charge in [0.05, 0.1) is 17.4 Å². The molecule has 4 fully saturated rings. The van der Waals surface area contributed by atoms with Gasteiger partial charge in [0, 0.05) is 23.8 Å². The first-order chi connectivity index (χ1) is 14.6. The maximum Gasteiger partial charge on any atom is 0.262 e. The molecule has 8 heteroatoms. The van der Waals surface area contributed by atoms with Crippen LogP contribution in [0.25, 0.3) is 10.2 Å². The van der Waals surface area contributed by atoms with Crippen molar-refractivity contribution >= 4 is 43.9 Å². The van der Waals surface area contributed by atoms with Gasteiger partial charge < -0.3 is 5.32 Å². The lowest BCUT2D eigenvalue weighted by atomic mass is 9.49. The van der Waals surface area contributed by atoms with E-state index in [0.717, 1.165) is 22.6 Å². The van der Waals surface area contributed by atoms with Crippen molar-refractivity contribution < 1.29 is 4.79 Å². The molecule has 4 bridgehead atoms. The topological polar surface area (TPSA) is 76.9 Å². The summed E-state index contributed by atoms with van der Waals surface area (Å²) in [6, 6.07) is 1.79. The van der Waals surface area contributed by atoms with E-state index in [4.69, 9.17) is 4.98 Å². The zero-order valence-corrected chi connectivity index (χ0v) is 18.3. The first-order valence-electron chi connectivity index (χ1n) is 10.8. The second kappa shape index (κ2) is 6.99. The van der Waals surface area contributed by atoms with Crippen LogP contribution in [0.4, 0.5) is 5.13 Å². The molecule has 0 unspecified atom stereocenters. The molecule has 1 amide bonds. The van der Waals surface area contributed by atoms with E-state index in [-0.39, 0.29) is 23.3 Å². The van der Waals surface area contributed by atoms with Crippen LogP contribution >= 0.6 is 22.7 Å². The Bertz CT molecular complexity index is 1140. The van der Waals surface area contributed by atoms with E-state index in [9.17, 15) is 9.59 Å². The molecule has 0 spiro atoms. The Morgan fingerprint density at radius 1 is 1.17 bits per heavy atom. The third kappa shape index (κ3) is 3.12. The summed E-state index contributed by atoms with van der Waals surface area (Å²) in [6.45, 7) is 0.316. The van der Waals surface area contributed by atoms with Crippen LogP contribution in [-0.4, -0.2) is 20.4 Å². The minimum absolute atomic E-state index is 0.0904. The highest BCUT2D eigenvalue weighted by Gasteiger charge is 2.52. The van der Waals surface area contributed by atoms with Crippen LogP contribution in [0.2, 0.25) is 0 Å². The standard InChI is InChI=1S/C22H24N4O2S2/c27-18(1-3-26-12-23-19-16(20(26)28)2-4-29-19)25-21-24-17(11-30-21)22-8-13-5-14(9-22)7-15(6-13)10-22/h2,4,11-15H,1,3,5-10H2,(H,24,25,27). The van der Waals surface area contributed by atoms with E-state index in [0.29, 0.717) is 17.1 Å². The fourth-order valence-electron chi connectivity index (χ4n) is 6.46. The van der Waals surface area contributed by atoms with Crippen LogP contribution < -0.4 is 10.9 Å². The molecule has 0 aliphatic heterocycles. The van der Waals surface area contributed by atoms with Gasteiger partial charge in [-0.15, -0.1) is 22.7 Å². The monoisotopic (exact) mass is 440 g/mol. The Labute approximate surface area is 182 Å². The summed E-state index contributed by atoms with van der Waals surface area (Å²) in [5, 5.41) is 8.28. The van der Waals surface area contributed by atoms with Crippen LogP contribution in [0.15, 0.2) is 27.9 Å². The molecule has 3 aromatic heterocycles. The van der Waals surface area contributed by atoms with Gasteiger partial charge in [-0.1, -0.05) is 0 Å². The van der Waals surface area contributed by atoms with Crippen molar-refractivity contribution in [3.05, 3.63) is 39.2 Å². The molecule has 3 heterocycles. The van der Waals surface area contributed by atoms with Crippen LogP contribution in [0.5, 0.6) is 0 Å². The van der Waals surface area contributed by atoms with E-state index in [2.05, 4.69) is 15.7 Å². The second-order valence-electron chi connectivity index (χ2n) is 9.42. The smallest absolute Gasteiger partial charge is 0.262 e. The van der Waals surface area contributed by atoms with Crippen LogP contribution in [0.1, 0.15) is 50.6 Å². The molecule has 4 saturated carbocycles. The lowest BCUT2D eigenvalue weighted by Gasteiger charge is -2.56. The lowest BCUT2D eigenvalue weighted by Crippen LogP contribution is -2.48. The van der Waals surface area contributed by atoms with Gasteiger partial charge in [-0.05, 0) is 67.7 Å². The average molecular weight is 441 g/mol. The molecule has 156 valence electrons. The maximum atomic E-state index is 12.5. The largest absolute Gasteiger partial charge is 0.302 e. The van der Waals surface area contributed by atoms with E-state index < -0.39 is 0 Å². The van der Waals surface area contributed by atoms with E-state index >= 15 is 0 Å². The Kier molecular flexibility index (Phi) is 4.35. The number of hydrogen-bond donors (Lipinski definition) is 1. The van der Waals surface area contributed by atoms with Gasteiger partial charge in [0.15, 0.2) is 5.13 Å². The number of nitrogens with zero attached hydrogens (tertiary/aromatic N) is 3. The molecule has 0 atom stereocenters. The number of thiophene rings is 1. The zero-order chi connectivity index (χ0) is 20.3. The summed E-state index contributed by atoms with van der Waals surface area (Å²) in [4.78, 5) is 34.8. The highest BCUT2D eigenvalue weighted by molar-refractivity contribution is 7.16.